The number of hydrogen-bond acceptors (Lipinski definition) is 4. The minimum atomic E-state index is -0.918. The average molecular weight is 477 g/mol. The van der Waals surface area contributed by atoms with Crippen molar-refractivity contribution in [2.45, 2.75) is 50.9 Å². The summed E-state index contributed by atoms with van der Waals surface area (Å²) in [7, 11) is 0. The Morgan fingerprint density at radius 2 is 1.69 bits per heavy atom. The van der Waals surface area contributed by atoms with E-state index < -0.39 is 17.8 Å². The van der Waals surface area contributed by atoms with Crippen molar-refractivity contribution in [3.8, 4) is 5.75 Å². The fourth-order valence-corrected chi connectivity index (χ4v) is 3.79. The van der Waals surface area contributed by atoms with Crippen molar-refractivity contribution >= 4 is 23.9 Å². The van der Waals surface area contributed by atoms with Gasteiger partial charge >= 0.3 is 5.97 Å². The molecule has 0 atom stereocenters. The van der Waals surface area contributed by atoms with E-state index in [1.165, 1.54) is 31.2 Å². The zero-order valence-electron chi connectivity index (χ0n) is 19.8. The van der Waals surface area contributed by atoms with Crippen molar-refractivity contribution in [2.24, 2.45) is 5.92 Å². The molecule has 2 saturated carbocycles. The number of amides is 2. The van der Waals surface area contributed by atoms with Crippen molar-refractivity contribution < 1.29 is 24.2 Å². The van der Waals surface area contributed by atoms with Gasteiger partial charge < -0.3 is 20.5 Å². The molecule has 2 fully saturated rings. The lowest BCUT2D eigenvalue weighted by atomic mass is 10.1. The van der Waals surface area contributed by atoms with Gasteiger partial charge in [0, 0.05) is 18.5 Å². The summed E-state index contributed by atoms with van der Waals surface area (Å²) in [5, 5.41) is 14.2. The number of aliphatic carboxylic acids is 1. The minimum absolute atomic E-state index is 0.0383. The van der Waals surface area contributed by atoms with Crippen LogP contribution in [0.5, 0.6) is 5.75 Å². The van der Waals surface area contributed by atoms with Crippen molar-refractivity contribution in [3.05, 3.63) is 70.9 Å². The zero-order valence-corrected chi connectivity index (χ0v) is 19.8. The normalized spacial score (nSPS) is 15.4. The molecule has 0 bridgehead atoms. The van der Waals surface area contributed by atoms with E-state index in [0.717, 1.165) is 17.9 Å². The van der Waals surface area contributed by atoms with Crippen LogP contribution < -0.4 is 15.4 Å². The first-order chi connectivity index (χ1) is 17.0. The number of rotatable bonds is 13. The van der Waals surface area contributed by atoms with Gasteiger partial charge in [-0.2, -0.15) is 0 Å². The second-order valence-electron chi connectivity index (χ2n) is 9.31. The monoisotopic (exact) mass is 476 g/mol. The molecule has 2 aromatic carbocycles. The highest BCUT2D eigenvalue weighted by molar-refractivity contribution is 6.05. The third-order valence-corrected chi connectivity index (χ3v) is 6.25. The van der Waals surface area contributed by atoms with E-state index in [4.69, 9.17) is 9.84 Å². The van der Waals surface area contributed by atoms with Crippen LogP contribution in [0.4, 0.5) is 0 Å². The van der Waals surface area contributed by atoms with E-state index in [2.05, 4.69) is 22.8 Å². The molecule has 0 radical (unpaired) electrons. The number of nitrogens with one attached hydrogen (secondary N) is 2. The maximum Gasteiger partial charge on any atom is 0.303 e. The van der Waals surface area contributed by atoms with Gasteiger partial charge in [-0.1, -0.05) is 37.1 Å². The molecule has 2 aliphatic carbocycles. The molecule has 35 heavy (non-hydrogen) atoms. The van der Waals surface area contributed by atoms with Crippen molar-refractivity contribution in [2.75, 3.05) is 13.2 Å². The lowest BCUT2D eigenvalue weighted by molar-refractivity contribution is -0.137. The molecule has 7 heteroatoms. The Balaban J connectivity index is 1.40. The number of ether oxygens (including phenoxy) is 1. The number of carboxylic acid groups (broad SMARTS) is 1. The van der Waals surface area contributed by atoms with Crippen molar-refractivity contribution in [1.29, 1.82) is 0 Å². The summed E-state index contributed by atoms with van der Waals surface area (Å²) in [6.45, 7) is 0.872. The number of carboxylic acids is 1. The van der Waals surface area contributed by atoms with E-state index in [1.54, 1.807) is 30.3 Å². The van der Waals surface area contributed by atoms with E-state index in [0.29, 0.717) is 30.3 Å². The Kier molecular flexibility index (Phi) is 8.19. The lowest BCUT2D eigenvalue weighted by Gasteiger charge is -2.12. The Hall–Kier alpha value is -3.61. The van der Waals surface area contributed by atoms with Gasteiger partial charge in [-0.3, -0.25) is 14.4 Å². The van der Waals surface area contributed by atoms with Crippen LogP contribution in [-0.2, 0) is 9.59 Å². The van der Waals surface area contributed by atoms with Crippen LogP contribution >= 0.6 is 0 Å². The SMILES string of the molecule is O=C(O)CCCNC(=O)/C(=C/c1ccc(C2CC2)cc1)NC(=O)c1ccc(OCCC2CC2)cc1. The molecule has 184 valence electrons. The molecule has 0 aromatic heterocycles. The van der Waals surface area contributed by atoms with E-state index in [-0.39, 0.29) is 18.7 Å². The van der Waals surface area contributed by atoms with Gasteiger partial charge in [-0.15, -0.1) is 0 Å². The highest BCUT2D eigenvalue weighted by Crippen LogP contribution is 2.40. The molecular formula is C28H32N2O5. The second-order valence-corrected chi connectivity index (χ2v) is 9.31. The van der Waals surface area contributed by atoms with Crippen LogP contribution in [0.25, 0.3) is 6.08 Å². The molecule has 0 unspecified atom stereocenters. The average Bonchev–Trinajstić information content (AvgIpc) is 3.76. The Morgan fingerprint density at radius 1 is 0.971 bits per heavy atom. The molecule has 7 nitrogen and oxygen atoms in total. The highest BCUT2D eigenvalue weighted by Gasteiger charge is 2.23. The molecule has 4 rings (SSSR count). The summed E-state index contributed by atoms with van der Waals surface area (Å²) in [5.74, 6) is 0.353. The first-order valence-electron chi connectivity index (χ1n) is 12.3. The Morgan fingerprint density at radius 3 is 2.31 bits per heavy atom. The summed E-state index contributed by atoms with van der Waals surface area (Å²) in [6.07, 6.45) is 7.95. The number of benzene rings is 2. The van der Waals surface area contributed by atoms with Gasteiger partial charge in [-0.05, 0) is 79.0 Å². The molecule has 2 aliphatic rings. The maximum absolute atomic E-state index is 12.9. The van der Waals surface area contributed by atoms with Crippen LogP contribution in [0.15, 0.2) is 54.2 Å². The topological polar surface area (TPSA) is 105 Å². The maximum atomic E-state index is 12.9. The smallest absolute Gasteiger partial charge is 0.303 e. The fourth-order valence-electron chi connectivity index (χ4n) is 3.79. The van der Waals surface area contributed by atoms with E-state index in [1.807, 2.05) is 12.1 Å². The van der Waals surface area contributed by atoms with Gasteiger partial charge in [0.2, 0.25) is 0 Å². The molecule has 0 spiro atoms. The van der Waals surface area contributed by atoms with Crippen LogP contribution in [0, 0.1) is 5.92 Å². The van der Waals surface area contributed by atoms with Crippen molar-refractivity contribution in [3.63, 3.8) is 0 Å². The summed E-state index contributed by atoms with van der Waals surface area (Å²) >= 11 is 0. The van der Waals surface area contributed by atoms with E-state index in [9.17, 15) is 14.4 Å². The zero-order chi connectivity index (χ0) is 24.6. The van der Waals surface area contributed by atoms with Crippen LogP contribution in [-0.4, -0.2) is 36.0 Å². The summed E-state index contributed by atoms with van der Waals surface area (Å²) < 4.78 is 5.74. The number of carbonyl (C=O) groups is 3. The Labute approximate surface area is 205 Å². The van der Waals surface area contributed by atoms with Gasteiger partial charge in [0.15, 0.2) is 0 Å². The Bertz CT molecular complexity index is 1070. The second kappa shape index (κ2) is 11.7. The quantitative estimate of drug-likeness (QED) is 0.292. The number of hydrogen-bond donors (Lipinski definition) is 3. The molecule has 3 N–H and O–H groups in total. The molecule has 0 saturated heterocycles. The largest absolute Gasteiger partial charge is 0.494 e. The van der Waals surface area contributed by atoms with Gasteiger partial charge in [0.1, 0.15) is 11.4 Å². The lowest BCUT2D eigenvalue weighted by Crippen LogP contribution is -2.35. The van der Waals surface area contributed by atoms with Gasteiger partial charge in [0.05, 0.1) is 6.61 Å². The molecule has 2 amide bonds. The fraction of sp³-hybridized carbons (Fsp3) is 0.393. The molecule has 2 aromatic rings. The predicted octanol–water partition coefficient (Wildman–Crippen LogP) is 4.49. The highest BCUT2D eigenvalue weighted by atomic mass is 16.5. The minimum Gasteiger partial charge on any atom is -0.494 e. The van der Waals surface area contributed by atoms with Crippen molar-refractivity contribution in [1.82, 2.24) is 10.6 Å². The van der Waals surface area contributed by atoms with Gasteiger partial charge in [0.25, 0.3) is 11.8 Å². The first kappa shape index (κ1) is 24.5. The van der Waals surface area contributed by atoms with E-state index >= 15 is 0 Å². The summed E-state index contributed by atoms with van der Waals surface area (Å²) in [5.41, 5.74) is 2.59. The first-order valence-corrected chi connectivity index (χ1v) is 12.3. The third kappa shape index (κ3) is 7.98. The third-order valence-electron chi connectivity index (χ3n) is 6.25. The number of carbonyl (C=O) groups excluding carboxylic acids is 2. The molecule has 0 heterocycles. The molecule has 0 aliphatic heterocycles. The molecular weight excluding hydrogens is 444 g/mol. The van der Waals surface area contributed by atoms with Gasteiger partial charge in [-0.25, -0.2) is 0 Å². The van der Waals surface area contributed by atoms with Crippen LogP contribution in [0.1, 0.15) is 72.3 Å². The standard InChI is InChI=1S/C28H32N2O5/c31-26(32)2-1-16-29-28(34)25(18-20-5-7-21(8-6-20)22-9-10-22)30-27(33)23-11-13-24(14-12-23)35-17-15-19-3-4-19/h5-8,11-14,18-19,22H,1-4,9-10,15-17H2,(H,29,34)(H,30,33)(H,31,32)/b25-18-. The van der Waals surface area contributed by atoms with Crippen LogP contribution in [0.2, 0.25) is 0 Å². The summed E-state index contributed by atoms with van der Waals surface area (Å²) in [6, 6.07) is 14.8. The predicted molar refractivity (Wildman–Crippen MR) is 133 cm³/mol. The van der Waals surface area contributed by atoms with Crippen LogP contribution in [0.3, 0.4) is 0 Å². The summed E-state index contributed by atoms with van der Waals surface area (Å²) in [4.78, 5) is 36.4.